The lowest BCUT2D eigenvalue weighted by atomic mass is 10.1. The van der Waals surface area contributed by atoms with Crippen LogP contribution in [0.25, 0.3) is 0 Å². The van der Waals surface area contributed by atoms with Gasteiger partial charge in [0, 0.05) is 38.2 Å². The van der Waals surface area contributed by atoms with Gasteiger partial charge in [0.05, 0.1) is 11.6 Å². The van der Waals surface area contributed by atoms with Crippen LogP contribution < -0.4 is 5.32 Å². The van der Waals surface area contributed by atoms with Crippen molar-refractivity contribution in [2.24, 2.45) is 0 Å². The lowest BCUT2D eigenvalue weighted by molar-refractivity contribution is 0.185. The Morgan fingerprint density at radius 1 is 1.33 bits per heavy atom. The molecule has 0 aliphatic rings. The van der Waals surface area contributed by atoms with E-state index in [1.54, 1.807) is 18.4 Å². The molecule has 18 heavy (non-hydrogen) atoms. The normalized spacial score (nSPS) is 10.7. The summed E-state index contributed by atoms with van der Waals surface area (Å²) in [5.74, 6) is 0. The van der Waals surface area contributed by atoms with Crippen LogP contribution in [0.15, 0.2) is 35.8 Å². The lowest BCUT2D eigenvalue weighted by Gasteiger charge is -2.06. The van der Waals surface area contributed by atoms with Crippen LogP contribution in [0.5, 0.6) is 0 Å². The molecular formula is C14H18N2OS. The smallest absolute Gasteiger partial charge is 0.0937 e. The Balaban J connectivity index is 1.74. The largest absolute Gasteiger partial charge is 0.380 e. The minimum Gasteiger partial charge on any atom is -0.380 e. The molecular weight excluding hydrogens is 244 g/mol. The van der Waals surface area contributed by atoms with Crippen LogP contribution in [0.3, 0.4) is 0 Å². The summed E-state index contributed by atoms with van der Waals surface area (Å²) >= 11 is 1.71. The van der Waals surface area contributed by atoms with Gasteiger partial charge in [0.2, 0.25) is 0 Å². The van der Waals surface area contributed by atoms with Crippen molar-refractivity contribution in [2.45, 2.75) is 19.6 Å². The molecule has 0 amide bonds. The van der Waals surface area contributed by atoms with Crippen molar-refractivity contribution in [2.75, 3.05) is 13.7 Å². The second-order valence-corrected chi connectivity index (χ2v) is 5.08. The van der Waals surface area contributed by atoms with E-state index in [1.165, 1.54) is 16.1 Å². The molecule has 1 aromatic heterocycles. The molecule has 0 bridgehead atoms. The Kier molecular flexibility index (Phi) is 5.33. The van der Waals surface area contributed by atoms with E-state index in [0.29, 0.717) is 6.61 Å². The number of ether oxygens (including phenoxy) is 1. The van der Waals surface area contributed by atoms with Gasteiger partial charge in [0.25, 0.3) is 0 Å². The van der Waals surface area contributed by atoms with E-state index in [0.717, 1.165) is 19.5 Å². The maximum Gasteiger partial charge on any atom is 0.0937 e. The van der Waals surface area contributed by atoms with Gasteiger partial charge in [-0.2, -0.15) is 0 Å². The van der Waals surface area contributed by atoms with E-state index in [-0.39, 0.29) is 0 Å². The van der Waals surface area contributed by atoms with Gasteiger partial charge in [-0.15, -0.1) is 11.3 Å². The topological polar surface area (TPSA) is 34.1 Å². The molecule has 0 unspecified atom stereocenters. The Morgan fingerprint density at radius 2 is 2.22 bits per heavy atom. The summed E-state index contributed by atoms with van der Waals surface area (Å²) in [6, 6.07) is 8.48. The van der Waals surface area contributed by atoms with E-state index in [1.807, 2.05) is 11.6 Å². The minimum absolute atomic E-state index is 0.674. The molecule has 0 spiro atoms. The van der Waals surface area contributed by atoms with Crippen molar-refractivity contribution in [3.8, 4) is 0 Å². The zero-order chi connectivity index (χ0) is 12.6. The third kappa shape index (κ3) is 4.22. The molecule has 4 heteroatoms. The summed E-state index contributed by atoms with van der Waals surface area (Å²) in [7, 11) is 1.72. The Bertz CT molecular complexity index is 457. The maximum absolute atomic E-state index is 5.13. The highest BCUT2D eigenvalue weighted by Gasteiger charge is 1.97. The van der Waals surface area contributed by atoms with Gasteiger partial charge in [-0.3, -0.25) is 0 Å². The van der Waals surface area contributed by atoms with Gasteiger partial charge >= 0.3 is 0 Å². The monoisotopic (exact) mass is 262 g/mol. The summed E-state index contributed by atoms with van der Waals surface area (Å²) in [6.45, 7) is 2.53. The highest BCUT2D eigenvalue weighted by Crippen LogP contribution is 2.07. The quantitative estimate of drug-likeness (QED) is 0.779. The summed E-state index contributed by atoms with van der Waals surface area (Å²) in [5, 5.41) is 6.64. The minimum atomic E-state index is 0.674. The van der Waals surface area contributed by atoms with Crippen LogP contribution in [0.2, 0.25) is 0 Å². The summed E-state index contributed by atoms with van der Waals surface area (Å²) < 4.78 is 5.13. The molecule has 0 aliphatic carbocycles. The number of thiazole rings is 1. The number of hydrogen-bond acceptors (Lipinski definition) is 4. The molecule has 0 aliphatic heterocycles. The van der Waals surface area contributed by atoms with Gasteiger partial charge in [-0.1, -0.05) is 24.3 Å². The first-order chi connectivity index (χ1) is 8.88. The van der Waals surface area contributed by atoms with E-state index < -0.39 is 0 Å². The van der Waals surface area contributed by atoms with Crippen molar-refractivity contribution in [3.05, 3.63) is 52.0 Å². The zero-order valence-corrected chi connectivity index (χ0v) is 11.4. The Morgan fingerprint density at radius 3 is 3.00 bits per heavy atom. The molecule has 1 heterocycles. The maximum atomic E-state index is 5.13. The van der Waals surface area contributed by atoms with Gasteiger partial charge in [-0.05, 0) is 11.1 Å². The van der Waals surface area contributed by atoms with Gasteiger partial charge in [0.15, 0.2) is 0 Å². The van der Waals surface area contributed by atoms with Crippen molar-refractivity contribution in [1.29, 1.82) is 0 Å². The van der Waals surface area contributed by atoms with Crippen molar-refractivity contribution in [3.63, 3.8) is 0 Å². The van der Waals surface area contributed by atoms with Crippen molar-refractivity contribution < 1.29 is 4.74 Å². The number of rotatable bonds is 7. The molecule has 2 aromatic rings. The van der Waals surface area contributed by atoms with Crippen molar-refractivity contribution >= 4 is 11.3 Å². The number of aromatic nitrogens is 1. The van der Waals surface area contributed by atoms with E-state index in [9.17, 15) is 0 Å². The fourth-order valence-corrected chi connectivity index (χ4v) is 2.42. The molecule has 0 atom stereocenters. The van der Waals surface area contributed by atoms with Crippen LogP contribution in [-0.2, 0) is 24.3 Å². The second kappa shape index (κ2) is 7.26. The molecule has 0 saturated carbocycles. The van der Waals surface area contributed by atoms with E-state index in [2.05, 4.69) is 34.6 Å². The summed E-state index contributed by atoms with van der Waals surface area (Å²) in [6.07, 6.45) is 2.85. The average molecular weight is 262 g/mol. The molecule has 96 valence electrons. The first-order valence-electron chi connectivity index (χ1n) is 6.04. The Hall–Kier alpha value is -1.23. The fraction of sp³-hybridized carbons (Fsp3) is 0.357. The van der Waals surface area contributed by atoms with Gasteiger partial charge < -0.3 is 10.1 Å². The number of nitrogens with one attached hydrogen (secondary N) is 1. The molecule has 0 fully saturated rings. The molecule has 1 N–H and O–H groups in total. The van der Waals surface area contributed by atoms with Crippen LogP contribution in [0.4, 0.5) is 0 Å². The predicted molar refractivity (Wildman–Crippen MR) is 74.7 cm³/mol. The molecule has 0 radical (unpaired) electrons. The van der Waals surface area contributed by atoms with Crippen LogP contribution in [0, 0.1) is 0 Å². The van der Waals surface area contributed by atoms with Crippen molar-refractivity contribution in [1.82, 2.24) is 10.3 Å². The third-order valence-electron chi connectivity index (χ3n) is 2.63. The predicted octanol–water partition coefficient (Wildman–Crippen LogP) is 2.62. The summed E-state index contributed by atoms with van der Waals surface area (Å²) in [5.41, 5.74) is 2.51. The summed E-state index contributed by atoms with van der Waals surface area (Å²) in [4.78, 5) is 4.26. The SMILES string of the molecule is COCc1cccc(CNCCc2nccs2)c1. The number of hydrogen-bond donors (Lipinski definition) is 1. The van der Waals surface area contributed by atoms with E-state index >= 15 is 0 Å². The standard InChI is InChI=1S/C14H18N2OS/c1-17-11-13-4-2-3-12(9-13)10-15-6-5-14-16-7-8-18-14/h2-4,7-9,15H,5-6,10-11H2,1H3. The van der Waals surface area contributed by atoms with Crippen LogP contribution in [-0.4, -0.2) is 18.6 Å². The molecule has 0 saturated heterocycles. The average Bonchev–Trinajstić information content (AvgIpc) is 2.89. The Labute approximate surface area is 112 Å². The number of methoxy groups -OCH3 is 1. The number of benzene rings is 1. The van der Waals surface area contributed by atoms with Crippen LogP contribution >= 0.6 is 11.3 Å². The lowest BCUT2D eigenvalue weighted by Crippen LogP contribution is -2.16. The highest BCUT2D eigenvalue weighted by atomic mass is 32.1. The van der Waals surface area contributed by atoms with Gasteiger partial charge in [0.1, 0.15) is 0 Å². The fourth-order valence-electron chi connectivity index (χ4n) is 1.80. The van der Waals surface area contributed by atoms with Gasteiger partial charge in [-0.25, -0.2) is 4.98 Å². The zero-order valence-electron chi connectivity index (χ0n) is 10.6. The highest BCUT2D eigenvalue weighted by molar-refractivity contribution is 7.09. The third-order valence-corrected chi connectivity index (χ3v) is 3.47. The first-order valence-corrected chi connectivity index (χ1v) is 6.92. The van der Waals surface area contributed by atoms with E-state index in [4.69, 9.17) is 4.74 Å². The molecule has 3 nitrogen and oxygen atoms in total. The first kappa shape index (κ1) is 13.2. The number of nitrogens with zero attached hydrogens (tertiary/aromatic N) is 1. The van der Waals surface area contributed by atoms with Crippen LogP contribution in [0.1, 0.15) is 16.1 Å². The second-order valence-electron chi connectivity index (χ2n) is 4.11. The molecule has 1 aromatic carbocycles. The molecule has 2 rings (SSSR count).